The van der Waals surface area contributed by atoms with Crippen molar-refractivity contribution in [1.82, 2.24) is 38.2 Å². The molecule has 2 aliphatic carbocycles. The minimum Gasteiger partial charge on any atom is -0.459 e. The van der Waals surface area contributed by atoms with E-state index in [1.54, 1.807) is 43.5 Å². The first-order chi connectivity index (χ1) is 30.0. The zero-order chi connectivity index (χ0) is 43.4. The van der Waals surface area contributed by atoms with E-state index in [2.05, 4.69) is 52.5 Å². The Morgan fingerprint density at radius 3 is 1.95 bits per heavy atom. The van der Waals surface area contributed by atoms with Crippen molar-refractivity contribution in [3.05, 3.63) is 110 Å². The highest BCUT2D eigenvalue weighted by Gasteiger charge is 2.63. The lowest BCUT2D eigenvalue weighted by atomic mass is 9.80. The van der Waals surface area contributed by atoms with Gasteiger partial charge in [0.15, 0.2) is 0 Å². The summed E-state index contributed by atoms with van der Waals surface area (Å²) in [5.74, 6) is -0.652. The van der Waals surface area contributed by atoms with Crippen molar-refractivity contribution >= 4 is 24.1 Å². The van der Waals surface area contributed by atoms with E-state index in [-0.39, 0.29) is 92.0 Å². The Bertz CT molecular complexity index is 2240. The molecule has 9 atom stereocenters. The average molecular weight is 869 g/mol. The highest BCUT2D eigenvalue weighted by molar-refractivity contribution is 5.91. The van der Waals surface area contributed by atoms with E-state index < -0.39 is 6.09 Å². The van der Waals surface area contributed by atoms with Crippen LogP contribution < -0.4 is 0 Å². The summed E-state index contributed by atoms with van der Waals surface area (Å²) >= 11 is 0. The van der Waals surface area contributed by atoms with Gasteiger partial charge in [-0.3, -0.25) is 13.9 Å². The molecular weight excluding hydrogens is 813 g/mol. The minimum atomic E-state index is -0.455. The molecule has 18 heteroatoms. The first-order valence-corrected chi connectivity index (χ1v) is 21.0. The number of carbonyl (C=O) groups is 4. The molecule has 0 amide bonds. The first-order valence-electron chi connectivity index (χ1n) is 21.0. The first kappa shape index (κ1) is 45.1. The Kier molecular flexibility index (Phi) is 13.7. The van der Waals surface area contributed by atoms with Gasteiger partial charge in [-0.2, -0.15) is 0 Å². The van der Waals surface area contributed by atoms with E-state index in [4.69, 9.17) is 23.7 Å². The summed E-state index contributed by atoms with van der Waals surface area (Å²) in [4.78, 5) is 63.5. The van der Waals surface area contributed by atoms with Crippen LogP contribution in [0.2, 0.25) is 0 Å². The summed E-state index contributed by atoms with van der Waals surface area (Å²) in [5.41, 5.74) is 2.17. The number of hydrogen-bond acceptors (Lipinski definition) is 14. The average Bonchev–Trinajstić information content (AvgIpc) is 3.91. The van der Waals surface area contributed by atoms with Crippen LogP contribution in [0.25, 0.3) is 0 Å². The second-order valence-electron chi connectivity index (χ2n) is 16.9. The lowest BCUT2D eigenvalue weighted by Crippen LogP contribution is -2.31. The number of nitrogens with zero attached hydrogens (tertiary/aromatic N) is 8. The van der Waals surface area contributed by atoms with Crippen molar-refractivity contribution < 1.29 is 48.0 Å². The molecule has 0 bridgehead atoms. The molecule has 4 fully saturated rings. The molecule has 1 N–H and O–H groups in total. The van der Waals surface area contributed by atoms with Crippen LogP contribution in [0, 0.1) is 17.8 Å². The number of aliphatic hydroxyl groups excluding tert-OH is 1. The number of carbonyl (C=O) groups excluding carboxylic acids is 4. The lowest BCUT2D eigenvalue weighted by Gasteiger charge is -2.23. The zero-order valence-electron chi connectivity index (χ0n) is 34.8. The number of aromatic nitrogens is 8. The van der Waals surface area contributed by atoms with Crippen LogP contribution in [-0.2, 0) is 39.8 Å². The van der Waals surface area contributed by atoms with Gasteiger partial charge in [-0.25, -0.2) is 38.9 Å². The number of aliphatic hydroxyl groups is 1. The molecule has 0 radical (unpaired) electrons. The maximum Gasteiger partial charge on any atom is 0.419 e. The van der Waals surface area contributed by atoms with Crippen LogP contribution in [-0.4, -0.2) is 116 Å². The van der Waals surface area contributed by atoms with E-state index in [1.807, 2.05) is 10.8 Å². The molecule has 0 saturated carbocycles. The summed E-state index contributed by atoms with van der Waals surface area (Å²) in [5, 5.41) is 9.35. The number of ether oxygens (including phenoxy) is 5. The molecule has 0 aromatic carbocycles. The quantitative estimate of drug-likeness (QED) is 0.0857. The third-order valence-electron chi connectivity index (χ3n) is 12.8. The number of imidazole rings is 4. The molecule has 1 unspecified atom stereocenters. The van der Waals surface area contributed by atoms with Crippen LogP contribution in [0.3, 0.4) is 0 Å². The minimum absolute atomic E-state index is 0. The van der Waals surface area contributed by atoms with Crippen molar-refractivity contribution in [2.24, 2.45) is 17.8 Å². The van der Waals surface area contributed by atoms with E-state index in [0.717, 1.165) is 62.5 Å². The van der Waals surface area contributed by atoms with Gasteiger partial charge in [-0.1, -0.05) is 26.2 Å². The Morgan fingerprint density at radius 1 is 0.794 bits per heavy atom. The SMILES string of the molecule is C.C=C1C(=O)O[C@H]2[C@H]1CC/C(CO)=C\CC[C@@]1(C)O[C@@H]21.C[C@@]12CC/C=C(/COC(=O)n3ccnc3)CC[C@H]3C(Cn4ccnc4)C(=O)O[C@@H]3[C@@H]1O2.O=C(n1ccnc1)n1ccnc1. The fourth-order valence-electron chi connectivity index (χ4n) is 8.95. The van der Waals surface area contributed by atoms with Gasteiger partial charge in [0.25, 0.3) is 0 Å². The molecule has 63 heavy (non-hydrogen) atoms. The monoisotopic (exact) mass is 868 g/mol. The highest BCUT2D eigenvalue weighted by atomic mass is 16.7. The van der Waals surface area contributed by atoms with E-state index in [0.29, 0.717) is 12.1 Å². The topological polar surface area (TPSA) is 213 Å². The van der Waals surface area contributed by atoms with Gasteiger partial charge >= 0.3 is 24.1 Å². The Morgan fingerprint density at radius 2 is 1.37 bits per heavy atom. The van der Waals surface area contributed by atoms with Gasteiger partial charge in [-0.05, 0) is 76.4 Å². The third-order valence-corrected chi connectivity index (χ3v) is 12.8. The summed E-state index contributed by atoms with van der Waals surface area (Å²) in [6.07, 6.45) is 28.8. The number of fused-ring (bicyclic) bond motifs is 6. The molecule has 4 saturated heterocycles. The summed E-state index contributed by atoms with van der Waals surface area (Å²) < 4.78 is 34.6. The lowest BCUT2D eigenvalue weighted by molar-refractivity contribution is -0.145. The normalized spacial score (nSPS) is 32.2. The molecule has 336 valence electrons. The van der Waals surface area contributed by atoms with Crippen LogP contribution >= 0.6 is 0 Å². The van der Waals surface area contributed by atoms with E-state index in [9.17, 15) is 24.3 Å². The molecule has 6 aliphatic rings. The van der Waals surface area contributed by atoms with Crippen molar-refractivity contribution in [3.63, 3.8) is 0 Å². The van der Waals surface area contributed by atoms with Crippen molar-refractivity contribution in [3.8, 4) is 0 Å². The van der Waals surface area contributed by atoms with Gasteiger partial charge in [0.2, 0.25) is 0 Å². The molecular formula is C45H56N8O10. The molecule has 8 heterocycles. The number of epoxide rings is 2. The molecule has 4 aromatic rings. The summed E-state index contributed by atoms with van der Waals surface area (Å²) in [6, 6.07) is -0.190. The van der Waals surface area contributed by atoms with Crippen LogP contribution in [0.4, 0.5) is 9.59 Å². The summed E-state index contributed by atoms with van der Waals surface area (Å²) in [7, 11) is 0. The molecule has 4 aromatic heterocycles. The predicted octanol–water partition coefficient (Wildman–Crippen LogP) is 5.55. The molecule has 4 aliphatic heterocycles. The van der Waals surface area contributed by atoms with Crippen molar-refractivity contribution in [1.29, 1.82) is 0 Å². The van der Waals surface area contributed by atoms with Gasteiger partial charge in [0, 0.05) is 73.5 Å². The van der Waals surface area contributed by atoms with Gasteiger partial charge in [-0.15, -0.1) is 0 Å². The third kappa shape index (κ3) is 10.1. The number of allylic oxidation sites excluding steroid dienone is 2. The molecule has 10 rings (SSSR count). The molecule has 0 spiro atoms. The second kappa shape index (κ2) is 19.2. The Labute approximate surface area is 365 Å². The number of esters is 2. The fraction of sp³-hybridized carbons (Fsp3) is 0.511. The van der Waals surface area contributed by atoms with Gasteiger partial charge < -0.3 is 33.4 Å². The predicted molar refractivity (Wildman–Crippen MR) is 225 cm³/mol. The Hall–Kier alpha value is -5.98. The fourth-order valence-corrected chi connectivity index (χ4v) is 8.95. The number of rotatable bonds is 5. The largest absolute Gasteiger partial charge is 0.459 e. The van der Waals surface area contributed by atoms with Crippen LogP contribution in [0.15, 0.2) is 110 Å². The van der Waals surface area contributed by atoms with E-state index in [1.165, 1.54) is 38.9 Å². The van der Waals surface area contributed by atoms with Crippen molar-refractivity contribution in [2.45, 2.75) is 115 Å². The van der Waals surface area contributed by atoms with Crippen LogP contribution in [0.1, 0.15) is 72.6 Å². The molecule has 18 nitrogen and oxygen atoms in total. The second-order valence-corrected chi connectivity index (χ2v) is 16.9. The Balaban J connectivity index is 0.000000157. The maximum absolute atomic E-state index is 12.8. The maximum atomic E-state index is 12.8. The van der Waals surface area contributed by atoms with Crippen molar-refractivity contribution in [2.75, 3.05) is 13.2 Å². The summed E-state index contributed by atoms with van der Waals surface area (Å²) in [6.45, 7) is 8.85. The van der Waals surface area contributed by atoms with E-state index >= 15 is 0 Å². The van der Waals surface area contributed by atoms with Gasteiger partial charge in [0.05, 0.1) is 30.1 Å². The standard InChI is InChI=1S/C22H26N4O5.C15H20O4.C7H6N4O.CH4/c1-22-6-2-3-15(12-29-21(28)26-10-8-24-14-26)4-5-16-17(11-25-9-7-23-13-25)20(27)30-18(16)19(22)31-22;1-9-11-6-5-10(8-16)4-3-7-15(2)13(19-15)12(11)18-14(9)17;12-7(10-3-1-8-5-10)11-4-2-9-6-11;/h3,7-10,13-14,16-19H,2,4-6,11-12H2,1H3;4,11-13,16H,1,3,5-8H2,2H3;1-6H;1H4/b15-3+;10-4+;;/t16-,17?,18-,19-,22+;11-,12-,13-,15+;;/m00../s1. The zero-order valence-corrected chi connectivity index (χ0v) is 34.8. The van der Waals surface area contributed by atoms with Crippen LogP contribution in [0.5, 0.6) is 0 Å². The van der Waals surface area contributed by atoms with Gasteiger partial charge in [0.1, 0.15) is 50.0 Å². The number of hydrogen-bond donors (Lipinski definition) is 1. The highest BCUT2D eigenvalue weighted by Crippen LogP contribution is 2.51. The smallest absolute Gasteiger partial charge is 0.419 e.